The highest BCUT2D eigenvalue weighted by molar-refractivity contribution is 5.89. The molecule has 26 heavy (non-hydrogen) atoms. The first kappa shape index (κ1) is 16.3. The number of hydrogen-bond donors (Lipinski definition) is 2. The normalized spacial score (nSPS) is 14.8. The third kappa shape index (κ3) is 3.44. The quantitative estimate of drug-likeness (QED) is 0.714. The molecule has 1 saturated carbocycles. The van der Waals surface area contributed by atoms with Crippen LogP contribution in [0.25, 0.3) is 5.69 Å². The van der Waals surface area contributed by atoms with Gasteiger partial charge < -0.3 is 15.2 Å². The summed E-state index contributed by atoms with van der Waals surface area (Å²) < 4.78 is 3.74. The summed E-state index contributed by atoms with van der Waals surface area (Å²) in [6.07, 6.45) is 9.08. The number of amides is 2. The minimum Gasteiger partial charge on any atom is -0.328 e. The van der Waals surface area contributed by atoms with Gasteiger partial charge in [0.05, 0.1) is 12.4 Å². The Morgan fingerprint density at radius 3 is 2.77 bits per heavy atom. The molecular formula is C18H21N7O. The second kappa shape index (κ2) is 6.99. The first-order valence-corrected chi connectivity index (χ1v) is 8.78. The zero-order valence-electron chi connectivity index (χ0n) is 14.5. The zero-order valence-corrected chi connectivity index (χ0v) is 14.5. The SMILES string of the molecule is CCn1ncnc1C(NC(=O)Nc1ccc(-n2ccnc2)cc1)C1CC1. The molecule has 1 unspecified atom stereocenters. The number of nitrogens with zero attached hydrogens (tertiary/aromatic N) is 5. The van der Waals surface area contributed by atoms with Crippen LogP contribution in [0.1, 0.15) is 31.6 Å². The van der Waals surface area contributed by atoms with Crippen LogP contribution in [0.2, 0.25) is 0 Å². The summed E-state index contributed by atoms with van der Waals surface area (Å²) in [6.45, 7) is 2.75. The maximum Gasteiger partial charge on any atom is 0.319 e. The van der Waals surface area contributed by atoms with E-state index in [2.05, 4.69) is 25.7 Å². The van der Waals surface area contributed by atoms with Crippen LogP contribution < -0.4 is 10.6 Å². The largest absolute Gasteiger partial charge is 0.328 e. The van der Waals surface area contributed by atoms with Crippen molar-refractivity contribution in [3.05, 3.63) is 55.1 Å². The highest BCUT2D eigenvalue weighted by atomic mass is 16.2. The van der Waals surface area contributed by atoms with Gasteiger partial charge in [0.25, 0.3) is 0 Å². The van der Waals surface area contributed by atoms with Crippen LogP contribution in [0.4, 0.5) is 10.5 Å². The molecule has 2 amide bonds. The summed E-state index contributed by atoms with van der Waals surface area (Å²) in [7, 11) is 0. The van der Waals surface area contributed by atoms with E-state index in [1.165, 1.54) is 0 Å². The molecule has 0 radical (unpaired) electrons. The van der Waals surface area contributed by atoms with Gasteiger partial charge in [0, 0.05) is 30.3 Å². The Hall–Kier alpha value is -3.16. The first-order chi connectivity index (χ1) is 12.7. The van der Waals surface area contributed by atoms with Crippen molar-refractivity contribution >= 4 is 11.7 Å². The Morgan fingerprint density at radius 2 is 2.12 bits per heavy atom. The lowest BCUT2D eigenvalue weighted by Crippen LogP contribution is -2.35. The van der Waals surface area contributed by atoms with Crippen molar-refractivity contribution < 1.29 is 4.79 Å². The molecule has 1 atom stereocenters. The molecule has 8 heteroatoms. The molecule has 1 aromatic carbocycles. The van der Waals surface area contributed by atoms with Crippen molar-refractivity contribution in [1.29, 1.82) is 0 Å². The van der Waals surface area contributed by atoms with E-state index in [1.54, 1.807) is 18.9 Å². The molecule has 3 aromatic rings. The number of aromatic nitrogens is 5. The minimum absolute atomic E-state index is 0.109. The Bertz CT molecular complexity index is 865. The average molecular weight is 351 g/mol. The predicted octanol–water partition coefficient (Wildman–Crippen LogP) is 2.76. The lowest BCUT2D eigenvalue weighted by Gasteiger charge is -2.18. The van der Waals surface area contributed by atoms with E-state index in [0.29, 0.717) is 5.92 Å². The van der Waals surface area contributed by atoms with Gasteiger partial charge in [-0.15, -0.1) is 0 Å². The fourth-order valence-electron chi connectivity index (χ4n) is 3.02. The van der Waals surface area contributed by atoms with Crippen molar-refractivity contribution in [2.45, 2.75) is 32.4 Å². The number of aryl methyl sites for hydroxylation is 1. The third-order valence-electron chi connectivity index (χ3n) is 4.53. The molecule has 0 aliphatic heterocycles. The number of nitrogens with one attached hydrogen (secondary N) is 2. The fraction of sp³-hybridized carbons (Fsp3) is 0.333. The third-order valence-corrected chi connectivity index (χ3v) is 4.53. The van der Waals surface area contributed by atoms with Gasteiger partial charge >= 0.3 is 6.03 Å². The van der Waals surface area contributed by atoms with Crippen LogP contribution in [-0.2, 0) is 6.54 Å². The standard InChI is InChI=1S/C18H21N7O/c1-2-25-17(20-11-21-25)16(13-3-4-13)23-18(26)22-14-5-7-15(8-6-14)24-10-9-19-12-24/h5-13,16H,2-4H2,1H3,(H2,22,23,26). The van der Waals surface area contributed by atoms with Crippen LogP contribution in [0, 0.1) is 5.92 Å². The number of carbonyl (C=O) groups is 1. The minimum atomic E-state index is -0.233. The van der Waals surface area contributed by atoms with E-state index >= 15 is 0 Å². The van der Waals surface area contributed by atoms with Gasteiger partial charge in [-0.3, -0.25) is 0 Å². The molecule has 0 saturated heterocycles. The molecule has 2 aromatic heterocycles. The fourth-order valence-corrected chi connectivity index (χ4v) is 3.02. The Morgan fingerprint density at radius 1 is 1.31 bits per heavy atom. The van der Waals surface area contributed by atoms with Crippen LogP contribution in [-0.4, -0.2) is 30.3 Å². The Balaban J connectivity index is 1.42. The topological polar surface area (TPSA) is 89.7 Å². The lowest BCUT2D eigenvalue weighted by molar-refractivity contribution is 0.246. The van der Waals surface area contributed by atoms with Crippen LogP contribution in [0.3, 0.4) is 0 Å². The highest BCUT2D eigenvalue weighted by Crippen LogP contribution is 2.40. The molecule has 1 fully saturated rings. The van der Waals surface area contributed by atoms with Crippen LogP contribution in [0.5, 0.6) is 0 Å². The van der Waals surface area contributed by atoms with E-state index in [-0.39, 0.29) is 12.1 Å². The maximum atomic E-state index is 12.5. The summed E-state index contributed by atoms with van der Waals surface area (Å²) in [6, 6.07) is 7.27. The zero-order chi connectivity index (χ0) is 17.9. The van der Waals surface area contributed by atoms with E-state index < -0.39 is 0 Å². The van der Waals surface area contributed by atoms with Crippen molar-refractivity contribution in [3.8, 4) is 5.69 Å². The second-order valence-corrected chi connectivity index (χ2v) is 6.36. The summed E-state index contributed by atoms with van der Waals surface area (Å²) >= 11 is 0. The van der Waals surface area contributed by atoms with E-state index in [0.717, 1.165) is 36.6 Å². The van der Waals surface area contributed by atoms with Crippen molar-refractivity contribution in [2.75, 3.05) is 5.32 Å². The molecule has 2 heterocycles. The van der Waals surface area contributed by atoms with E-state index in [9.17, 15) is 4.79 Å². The van der Waals surface area contributed by atoms with Gasteiger partial charge in [0.15, 0.2) is 0 Å². The van der Waals surface area contributed by atoms with Crippen molar-refractivity contribution in [2.24, 2.45) is 5.92 Å². The maximum absolute atomic E-state index is 12.5. The first-order valence-electron chi connectivity index (χ1n) is 8.78. The molecule has 4 rings (SSSR count). The van der Waals surface area contributed by atoms with E-state index in [1.807, 2.05) is 46.6 Å². The summed E-state index contributed by atoms with van der Waals surface area (Å²) in [5.41, 5.74) is 1.72. The molecule has 134 valence electrons. The summed E-state index contributed by atoms with van der Waals surface area (Å²) in [5, 5.41) is 10.2. The van der Waals surface area contributed by atoms with Crippen molar-refractivity contribution in [1.82, 2.24) is 29.6 Å². The van der Waals surface area contributed by atoms with Gasteiger partial charge in [-0.25, -0.2) is 19.4 Å². The summed E-state index contributed by atoms with van der Waals surface area (Å²) in [4.78, 5) is 20.9. The molecule has 1 aliphatic carbocycles. The Kier molecular flexibility index (Phi) is 4.39. The number of urea groups is 1. The number of carbonyl (C=O) groups excluding carboxylic acids is 1. The van der Waals surface area contributed by atoms with Crippen molar-refractivity contribution in [3.63, 3.8) is 0 Å². The van der Waals surface area contributed by atoms with Crippen LogP contribution in [0.15, 0.2) is 49.3 Å². The second-order valence-electron chi connectivity index (χ2n) is 6.36. The number of hydrogen-bond acceptors (Lipinski definition) is 4. The number of anilines is 1. The predicted molar refractivity (Wildman–Crippen MR) is 96.9 cm³/mol. The molecule has 0 spiro atoms. The van der Waals surface area contributed by atoms with E-state index in [4.69, 9.17) is 0 Å². The van der Waals surface area contributed by atoms with Gasteiger partial charge in [0.2, 0.25) is 0 Å². The molecule has 8 nitrogen and oxygen atoms in total. The highest BCUT2D eigenvalue weighted by Gasteiger charge is 2.36. The molecule has 2 N–H and O–H groups in total. The molecular weight excluding hydrogens is 330 g/mol. The number of rotatable bonds is 6. The molecule has 0 bridgehead atoms. The average Bonchev–Trinajstić information content (AvgIpc) is 3.15. The van der Waals surface area contributed by atoms with Gasteiger partial charge in [-0.2, -0.15) is 5.10 Å². The monoisotopic (exact) mass is 351 g/mol. The van der Waals surface area contributed by atoms with Crippen LogP contribution >= 0.6 is 0 Å². The van der Waals surface area contributed by atoms with Gasteiger partial charge in [-0.05, 0) is 49.9 Å². The van der Waals surface area contributed by atoms with Gasteiger partial charge in [0.1, 0.15) is 12.2 Å². The smallest absolute Gasteiger partial charge is 0.319 e. The Labute approximate surface area is 151 Å². The number of imidazole rings is 1. The van der Waals surface area contributed by atoms with Gasteiger partial charge in [-0.1, -0.05) is 0 Å². The lowest BCUT2D eigenvalue weighted by atomic mass is 10.1. The summed E-state index contributed by atoms with van der Waals surface area (Å²) in [5.74, 6) is 1.25. The number of benzene rings is 1. The molecule has 1 aliphatic rings.